The van der Waals surface area contributed by atoms with Gasteiger partial charge in [0.1, 0.15) is 5.82 Å². The third-order valence-electron chi connectivity index (χ3n) is 4.58. The van der Waals surface area contributed by atoms with E-state index in [4.69, 9.17) is 0 Å². The lowest BCUT2D eigenvalue weighted by molar-refractivity contribution is -0.118. The van der Waals surface area contributed by atoms with Gasteiger partial charge in [-0.05, 0) is 38.0 Å². The van der Waals surface area contributed by atoms with Gasteiger partial charge in [0.2, 0.25) is 0 Å². The zero-order chi connectivity index (χ0) is 18.0. The molecule has 1 aliphatic rings. The molecule has 0 radical (unpaired) electrons. The summed E-state index contributed by atoms with van der Waals surface area (Å²) in [5.74, 6) is -0.747. The molecular formula is C19H22FN3O2. The zero-order valence-electron chi connectivity index (χ0n) is 14.5. The second kappa shape index (κ2) is 7.17. The minimum atomic E-state index is -0.501. The molecule has 2 aromatic rings. The first-order valence-corrected chi connectivity index (χ1v) is 8.65. The summed E-state index contributed by atoms with van der Waals surface area (Å²) in [6.07, 6.45) is 3.93. The van der Waals surface area contributed by atoms with E-state index in [2.05, 4.69) is 10.3 Å². The Kier molecular flexibility index (Phi) is 4.97. The minimum absolute atomic E-state index is 0.0748. The van der Waals surface area contributed by atoms with Gasteiger partial charge in [-0.2, -0.15) is 0 Å². The average Bonchev–Trinajstić information content (AvgIpc) is 2.52. The van der Waals surface area contributed by atoms with Crippen molar-refractivity contribution in [2.24, 2.45) is 0 Å². The van der Waals surface area contributed by atoms with E-state index in [1.807, 2.05) is 11.8 Å². The van der Waals surface area contributed by atoms with Gasteiger partial charge >= 0.3 is 0 Å². The number of nitrogens with one attached hydrogen (secondary N) is 1. The lowest BCUT2D eigenvalue weighted by Gasteiger charge is -2.33. The van der Waals surface area contributed by atoms with Crippen LogP contribution in [0.5, 0.6) is 0 Å². The molecule has 1 N–H and O–H groups in total. The average molecular weight is 343 g/mol. The third-order valence-corrected chi connectivity index (χ3v) is 4.58. The van der Waals surface area contributed by atoms with Crippen molar-refractivity contribution >= 4 is 28.3 Å². The fraction of sp³-hybridized carbons (Fsp3) is 0.421. The molecule has 1 aromatic heterocycles. The van der Waals surface area contributed by atoms with Gasteiger partial charge in [0, 0.05) is 24.7 Å². The fourth-order valence-electron chi connectivity index (χ4n) is 2.97. The maximum Gasteiger partial charge on any atom is 0.253 e. The quantitative estimate of drug-likeness (QED) is 0.876. The van der Waals surface area contributed by atoms with Crippen LogP contribution in [0.2, 0.25) is 0 Å². The highest BCUT2D eigenvalue weighted by molar-refractivity contribution is 6.00. The minimum Gasteiger partial charge on any atom is -0.369 e. The predicted octanol–water partition coefficient (Wildman–Crippen LogP) is 3.07. The van der Waals surface area contributed by atoms with Crippen molar-refractivity contribution in [1.29, 1.82) is 0 Å². The standard InChI is InChI=1S/C19H22FN3O2/c1-3-5-16(12(2)24)22-19(25)14-8-13-9-15(20)18(23-6-4-7-23)10-17(13)21-11-14/h8-11,16H,3-7H2,1-2H3,(H,22,25)/t16-/m0/s1. The lowest BCUT2D eigenvalue weighted by Crippen LogP contribution is -2.39. The molecule has 2 heterocycles. The van der Waals surface area contributed by atoms with E-state index in [-0.39, 0.29) is 17.5 Å². The maximum atomic E-state index is 14.3. The smallest absolute Gasteiger partial charge is 0.253 e. The summed E-state index contributed by atoms with van der Waals surface area (Å²) in [5.41, 5.74) is 1.53. The van der Waals surface area contributed by atoms with Gasteiger partial charge in [-0.25, -0.2) is 4.39 Å². The summed E-state index contributed by atoms with van der Waals surface area (Å²) >= 11 is 0. The van der Waals surface area contributed by atoms with Gasteiger partial charge in [-0.1, -0.05) is 13.3 Å². The van der Waals surface area contributed by atoms with E-state index in [0.717, 1.165) is 25.9 Å². The van der Waals surface area contributed by atoms with Crippen molar-refractivity contribution in [3.05, 3.63) is 35.8 Å². The van der Waals surface area contributed by atoms with Crippen LogP contribution in [-0.4, -0.2) is 35.8 Å². The third kappa shape index (κ3) is 3.62. The van der Waals surface area contributed by atoms with Crippen molar-refractivity contribution < 1.29 is 14.0 Å². The van der Waals surface area contributed by atoms with Crippen LogP contribution in [-0.2, 0) is 4.79 Å². The first-order chi connectivity index (χ1) is 12.0. The van der Waals surface area contributed by atoms with Crippen LogP contribution in [0, 0.1) is 5.82 Å². The maximum absolute atomic E-state index is 14.3. The van der Waals surface area contributed by atoms with Gasteiger partial charge in [-0.3, -0.25) is 14.6 Å². The Morgan fingerprint density at radius 3 is 2.68 bits per heavy atom. The molecule has 6 heteroatoms. The number of carbonyl (C=O) groups excluding carboxylic acids is 2. The number of fused-ring (bicyclic) bond motifs is 1. The summed E-state index contributed by atoms with van der Waals surface area (Å²) in [5, 5.41) is 3.30. The van der Waals surface area contributed by atoms with Crippen molar-refractivity contribution in [2.45, 2.75) is 39.2 Å². The van der Waals surface area contributed by atoms with Crippen LogP contribution in [0.25, 0.3) is 10.9 Å². The van der Waals surface area contributed by atoms with Gasteiger partial charge in [-0.15, -0.1) is 0 Å². The monoisotopic (exact) mass is 343 g/mol. The second-order valence-electron chi connectivity index (χ2n) is 6.49. The second-order valence-corrected chi connectivity index (χ2v) is 6.49. The first-order valence-electron chi connectivity index (χ1n) is 8.65. The van der Waals surface area contributed by atoms with E-state index < -0.39 is 6.04 Å². The van der Waals surface area contributed by atoms with Crippen LogP contribution >= 0.6 is 0 Å². The highest BCUT2D eigenvalue weighted by atomic mass is 19.1. The van der Waals surface area contributed by atoms with E-state index in [9.17, 15) is 14.0 Å². The van der Waals surface area contributed by atoms with Gasteiger partial charge in [0.15, 0.2) is 5.78 Å². The van der Waals surface area contributed by atoms with Crippen LogP contribution in [0.1, 0.15) is 43.5 Å². The summed E-state index contributed by atoms with van der Waals surface area (Å²) < 4.78 is 14.3. The Hall–Kier alpha value is -2.50. The van der Waals surface area contributed by atoms with E-state index in [1.54, 1.807) is 12.1 Å². The molecule has 1 atom stereocenters. The fourth-order valence-corrected chi connectivity index (χ4v) is 2.97. The molecule has 1 fully saturated rings. The van der Waals surface area contributed by atoms with Crippen molar-refractivity contribution in [2.75, 3.05) is 18.0 Å². The van der Waals surface area contributed by atoms with Gasteiger partial charge < -0.3 is 10.2 Å². The van der Waals surface area contributed by atoms with Crippen molar-refractivity contribution in [1.82, 2.24) is 10.3 Å². The number of ketones is 1. The Morgan fingerprint density at radius 1 is 1.32 bits per heavy atom. The van der Waals surface area contributed by atoms with Gasteiger partial charge in [0.05, 0.1) is 22.8 Å². The topological polar surface area (TPSA) is 62.3 Å². The summed E-state index contributed by atoms with van der Waals surface area (Å²) in [4.78, 5) is 30.3. The zero-order valence-corrected chi connectivity index (χ0v) is 14.5. The molecule has 5 nitrogen and oxygen atoms in total. The molecule has 3 rings (SSSR count). The molecule has 1 aromatic carbocycles. The molecule has 0 unspecified atom stereocenters. The number of halogens is 1. The van der Waals surface area contributed by atoms with Crippen molar-refractivity contribution in [3.63, 3.8) is 0 Å². The van der Waals surface area contributed by atoms with Crippen LogP contribution in [0.3, 0.4) is 0 Å². The SMILES string of the molecule is CCC[C@H](NC(=O)c1cnc2cc(N3CCC3)c(F)cc2c1)C(C)=O. The van der Waals surface area contributed by atoms with E-state index >= 15 is 0 Å². The highest BCUT2D eigenvalue weighted by Gasteiger charge is 2.20. The summed E-state index contributed by atoms with van der Waals surface area (Å²) in [6, 6.07) is 4.25. The molecule has 0 spiro atoms. The number of pyridine rings is 1. The number of benzene rings is 1. The predicted molar refractivity (Wildman–Crippen MR) is 95.4 cm³/mol. The molecule has 1 amide bonds. The number of nitrogens with zero attached hydrogens (tertiary/aromatic N) is 2. The number of anilines is 1. The largest absolute Gasteiger partial charge is 0.369 e. The number of Topliss-reactive ketones (excluding diaryl/α,β-unsaturated/α-hetero) is 1. The number of carbonyl (C=O) groups is 2. The first kappa shape index (κ1) is 17.3. The van der Waals surface area contributed by atoms with Crippen LogP contribution < -0.4 is 10.2 Å². The molecule has 0 bridgehead atoms. The molecule has 1 saturated heterocycles. The number of hydrogen-bond donors (Lipinski definition) is 1. The molecule has 0 aliphatic carbocycles. The Morgan fingerprint density at radius 2 is 2.08 bits per heavy atom. The molecule has 132 valence electrons. The van der Waals surface area contributed by atoms with Crippen LogP contribution in [0.15, 0.2) is 24.4 Å². The molecule has 1 aliphatic heterocycles. The van der Waals surface area contributed by atoms with Crippen molar-refractivity contribution in [3.8, 4) is 0 Å². The van der Waals surface area contributed by atoms with Gasteiger partial charge in [0.25, 0.3) is 5.91 Å². The Balaban J connectivity index is 1.85. The Labute approximate surface area is 146 Å². The number of hydrogen-bond acceptors (Lipinski definition) is 4. The molecule has 0 saturated carbocycles. The lowest BCUT2D eigenvalue weighted by atomic mass is 10.1. The van der Waals surface area contributed by atoms with E-state index in [1.165, 1.54) is 19.2 Å². The Bertz CT molecular complexity index is 818. The van der Waals surface area contributed by atoms with E-state index in [0.29, 0.717) is 28.6 Å². The molecule has 25 heavy (non-hydrogen) atoms. The number of aromatic nitrogens is 1. The highest BCUT2D eigenvalue weighted by Crippen LogP contribution is 2.28. The summed E-state index contributed by atoms with van der Waals surface area (Å²) in [6.45, 7) is 5.13. The summed E-state index contributed by atoms with van der Waals surface area (Å²) in [7, 11) is 0. The number of amides is 1. The molecular weight excluding hydrogens is 321 g/mol. The number of rotatable bonds is 6. The van der Waals surface area contributed by atoms with Crippen LogP contribution in [0.4, 0.5) is 10.1 Å². The normalized spacial score (nSPS) is 14.9.